The van der Waals surface area contributed by atoms with Crippen LogP contribution in [0.15, 0.2) is 42.5 Å². The van der Waals surface area contributed by atoms with Gasteiger partial charge in [-0.2, -0.15) is 5.26 Å². The van der Waals surface area contributed by atoms with Gasteiger partial charge >= 0.3 is 0 Å². The Morgan fingerprint density at radius 1 is 1.23 bits per heavy atom. The molecule has 0 aliphatic rings. The Morgan fingerprint density at radius 3 is 2.62 bits per heavy atom. The van der Waals surface area contributed by atoms with Crippen molar-refractivity contribution in [3.63, 3.8) is 0 Å². The fraction of sp³-hybridized carbons (Fsp3) is 0.300. The molecule has 0 spiro atoms. The van der Waals surface area contributed by atoms with Crippen molar-refractivity contribution in [1.82, 2.24) is 4.90 Å². The average Bonchev–Trinajstić information content (AvgIpc) is 2.62. The normalized spacial score (nSPS) is 10.4. The van der Waals surface area contributed by atoms with Crippen molar-refractivity contribution in [1.29, 1.82) is 5.26 Å². The van der Waals surface area contributed by atoms with Crippen LogP contribution in [0.5, 0.6) is 5.75 Å². The highest BCUT2D eigenvalue weighted by Crippen LogP contribution is 2.20. The molecular weight excluding hydrogens is 350 g/mol. The number of amides is 1. The number of nitrogens with one attached hydrogen (secondary N) is 1. The van der Waals surface area contributed by atoms with Crippen LogP contribution in [0.1, 0.15) is 17.5 Å². The fourth-order valence-corrected chi connectivity index (χ4v) is 2.49. The summed E-state index contributed by atoms with van der Waals surface area (Å²) in [5.41, 5.74) is 2.17. The number of anilines is 1. The number of carbonyl (C=O) groups is 1. The summed E-state index contributed by atoms with van der Waals surface area (Å²) >= 11 is 5.96. The Hall–Kier alpha value is -2.55. The molecular formula is C20H22ClN3O2. The van der Waals surface area contributed by atoms with Crippen LogP contribution in [0.25, 0.3) is 0 Å². The Morgan fingerprint density at radius 2 is 1.96 bits per heavy atom. The molecule has 26 heavy (non-hydrogen) atoms. The van der Waals surface area contributed by atoms with Gasteiger partial charge in [-0.15, -0.1) is 0 Å². The summed E-state index contributed by atoms with van der Waals surface area (Å²) < 4.78 is 5.69. The van der Waals surface area contributed by atoms with Crippen molar-refractivity contribution in [3.05, 3.63) is 58.6 Å². The van der Waals surface area contributed by atoms with Gasteiger partial charge in [-0.25, -0.2) is 0 Å². The number of nitrogens with zero attached hydrogens (tertiary/aromatic N) is 2. The minimum atomic E-state index is -0.0999. The topological polar surface area (TPSA) is 65.4 Å². The highest BCUT2D eigenvalue weighted by Gasteiger charge is 2.07. The number of carbonyl (C=O) groups excluding carboxylic acids is 1. The fourth-order valence-electron chi connectivity index (χ4n) is 2.27. The molecule has 1 N–H and O–H groups in total. The highest BCUT2D eigenvalue weighted by molar-refractivity contribution is 6.32. The molecule has 0 radical (unpaired) electrons. The SMILES string of the molecule is Cc1ccc(OCCN(C)CCC(=O)Nc2ccc(C#N)c(Cl)c2)cc1. The van der Waals surface area contributed by atoms with Crippen LogP contribution in [0.3, 0.4) is 0 Å². The number of rotatable bonds is 8. The Balaban J connectivity index is 1.68. The van der Waals surface area contributed by atoms with Gasteiger partial charge in [0.15, 0.2) is 0 Å². The molecule has 0 heterocycles. The van der Waals surface area contributed by atoms with E-state index in [2.05, 4.69) is 5.32 Å². The molecule has 0 fully saturated rings. The van der Waals surface area contributed by atoms with Crippen LogP contribution in [0, 0.1) is 18.3 Å². The number of hydrogen-bond acceptors (Lipinski definition) is 4. The number of ether oxygens (including phenoxy) is 1. The van der Waals surface area contributed by atoms with E-state index in [9.17, 15) is 4.79 Å². The lowest BCUT2D eigenvalue weighted by atomic mass is 10.2. The summed E-state index contributed by atoms with van der Waals surface area (Å²) in [6.07, 6.45) is 0.360. The number of hydrogen-bond donors (Lipinski definition) is 1. The van der Waals surface area contributed by atoms with E-state index in [1.165, 1.54) is 5.56 Å². The van der Waals surface area contributed by atoms with Gasteiger partial charge in [-0.3, -0.25) is 4.79 Å². The Kier molecular flexibility index (Phi) is 7.46. The number of nitriles is 1. The minimum absolute atomic E-state index is 0.0999. The molecule has 0 aliphatic carbocycles. The Bertz CT molecular complexity index is 785. The first-order valence-electron chi connectivity index (χ1n) is 8.35. The lowest BCUT2D eigenvalue weighted by molar-refractivity contribution is -0.116. The van der Waals surface area contributed by atoms with Gasteiger partial charge < -0.3 is 15.0 Å². The quantitative estimate of drug-likeness (QED) is 0.765. The van der Waals surface area contributed by atoms with E-state index >= 15 is 0 Å². The molecule has 1 amide bonds. The van der Waals surface area contributed by atoms with Crippen LogP contribution in [0.2, 0.25) is 5.02 Å². The van der Waals surface area contributed by atoms with E-state index in [4.69, 9.17) is 21.6 Å². The first kappa shape index (κ1) is 19.8. The van der Waals surface area contributed by atoms with E-state index in [1.54, 1.807) is 18.2 Å². The number of likely N-dealkylation sites (N-methyl/N-ethyl adjacent to an activating group) is 1. The van der Waals surface area contributed by atoms with Gasteiger partial charge in [-0.1, -0.05) is 29.3 Å². The van der Waals surface area contributed by atoms with E-state index in [1.807, 2.05) is 49.2 Å². The van der Waals surface area contributed by atoms with Crippen molar-refractivity contribution < 1.29 is 9.53 Å². The maximum Gasteiger partial charge on any atom is 0.225 e. The summed E-state index contributed by atoms with van der Waals surface area (Å²) in [5, 5.41) is 12.0. The maximum absolute atomic E-state index is 12.0. The molecule has 6 heteroatoms. The second kappa shape index (κ2) is 9.81. The molecule has 0 saturated heterocycles. The third-order valence-electron chi connectivity index (χ3n) is 3.86. The van der Waals surface area contributed by atoms with Crippen molar-refractivity contribution in [2.45, 2.75) is 13.3 Å². The van der Waals surface area contributed by atoms with E-state index in [-0.39, 0.29) is 5.91 Å². The number of aryl methyl sites for hydroxylation is 1. The largest absolute Gasteiger partial charge is 0.492 e. The minimum Gasteiger partial charge on any atom is -0.492 e. The van der Waals surface area contributed by atoms with Gasteiger partial charge in [0.1, 0.15) is 18.4 Å². The molecule has 0 unspecified atom stereocenters. The molecule has 0 aromatic heterocycles. The van der Waals surface area contributed by atoms with E-state index < -0.39 is 0 Å². The molecule has 0 aliphatic heterocycles. The number of halogens is 1. The van der Waals surface area contributed by atoms with E-state index in [0.29, 0.717) is 35.8 Å². The first-order valence-corrected chi connectivity index (χ1v) is 8.73. The number of benzene rings is 2. The maximum atomic E-state index is 12.0. The average molecular weight is 372 g/mol. The standard InChI is InChI=1S/C20H22ClN3O2/c1-15-3-7-18(8-4-15)26-12-11-24(2)10-9-20(25)23-17-6-5-16(14-22)19(21)13-17/h3-8,13H,9-12H2,1-2H3,(H,23,25). The monoisotopic (exact) mass is 371 g/mol. The molecule has 5 nitrogen and oxygen atoms in total. The zero-order valence-electron chi connectivity index (χ0n) is 15.0. The summed E-state index contributed by atoms with van der Waals surface area (Å²) in [6, 6.07) is 14.8. The molecule has 0 bridgehead atoms. The Labute approximate surface area is 159 Å². The molecule has 0 atom stereocenters. The predicted molar refractivity (Wildman–Crippen MR) is 104 cm³/mol. The smallest absolute Gasteiger partial charge is 0.225 e. The summed E-state index contributed by atoms with van der Waals surface area (Å²) in [7, 11) is 1.95. The van der Waals surface area contributed by atoms with Crippen molar-refractivity contribution in [3.8, 4) is 11.8 Å². The van der Waals surface area contributed by atoms with Crippen LogP contribution in [-0.2, 0) is 4.79 Å². The molecule has 136 valence electrons. The molecule has 2 aromatic rings. The molecule has 0 saturated carbocycles. The van der Waals surface area contributed by atoms with Gasteiger partial charge in [0, 0.05) is 25.2 Å². The third-order valence-corrected chi connectivity index (χ3v) is 4.17. The van der Waals surface area contributed by atoms with Crippen molar-refractivity contribution >= 4 is 23.2 Å². The van der Waals surface area contributed by atoms with Crippen LogP contribution >= 0.6 is 11.6 Å². The molecule has 2 aromatic carbocycles. The van der Waals surface area contributed by atoms with E-state index in [0.717, 1.165) is 12.3 Å². The van der Waals surface area contributed by atoms with Gasteiger partial charge in [0.25, 0.3) is 0 Å². The first-order chi connectivity index (χ1) is 12.5. The third kappa shape index (κ3) is 6.40. The van der Waals surface area contributed by atoms with Gasteiger partial charge in [-0.05, 0) is 44.3 Å². The highest BCUT2D eigenvalue weighted by atomic mass is 35.5. The second-order valence-corrected chi connectivity index (χ2v) is 6.48. The van der Waals surface area contributed by atoms with Crippen LogP contribution in [-0.4, -0.2) is 37.6 Å². The summed E-state index contributed by atoms with van der Waals surface area (Å²) in [5.74, 6) is 0.747. The van der Waals surface area contributed by atoms with Gasteiger partial charge in [0.05, 0.1) is 10.6 Å². The second-order valence-electron chi connectivity index (χ2n) is 6.07. The summed E-state index contributed by atoms with van der Waals surface area (Å²) in [4.78, 5) is 14.1. The predicted octanol–water partition coefficient (Wildman–Crippen LogP) is 3.86. The summed E-state index contributed by atoms with van der Waals surface area (Å²) in [6.45, 7) is 3.94. The lowest BCUT2D eigenvalue weighted by Crippen LogP contribution is -2.28. The van der Waals surface area contributed by atoms with Crippen LogP contribution < -0.4 is 10.1 Å². The van der Waals surface area contributed by atoms with Crippen LogP contribution in [0.4, 0.5) is 5.69 Å². The van der Waals surface area contributed by atoms with Crippen molar-refractivity contribution in [2.75, 3.05) is 32.1 Å². The zero-order chi connectivity index (χ0) is 18.9. The van der Waals surface area contributed by atoms with Gasteiger partial charge in [0.2, 0.25) is 5.91 Å². The lowest BCUT2D eigenvalue weighted by Gasteiger charge is -2.17. The zero-order valence-corrected chi connectivity index (χ0v) is 15.7. The molecule has 2 rings (SSSR count). The van der Waals surface area contributed by atoms with Crippen molar-refractivity contribution in [2.24, 2.45) is 0 Å².